The lowest BCUT2D eigenvalue weighted by atomic mass is 9.92. The van der Waals surface area contributed by atoms with Gasteiger partial charge in [0.25, 0.3) is 0 Å². The average molecular weight is 295 g/mol. The average Bonchev–Trinajstić information content (AvgIpc) is 1.99. The lowest BCUT2D eigenvalue weighted by Gasteiger charge is -2.24. The zero-order valence-corrected chi connectivity index (χ0v) is 11.0. The van der Waals surface area contributed by atoms with Crippen LogP contribution in [-0.2, 0) is 0 Å². The largest absolute Gasteiger partial charge is 0.316 e. The molecular formula is C11H22IN. The molecule has 2 heteroatoms. The molecule has 3 atom stereocenters. The van der Waals surface area contributed by atoms with Crippen LogP contribution in [0.1, 0.15) is 39.5 Å². The van der Waals surface area contributed by atoms with Gasteiger partial charge in [-0.15, -0.1) is 0 Å². The van der Waals surface area contributed by atoms with Crippen molar-refractivity contribution >= 4 is 22.6 Å². The molecule has 1 nitrogen and oxygen atoms in total. The summed E-state index contributed by atoms with van der Waals surface area (Å²) >= 11 is 2.54. The fourth-order valence-electron chi connectivity index (χ4n) is 2.15. The predicted octanol–water partition coefficient (Wildman–Crippen LogP) is 3.23. The van der Waals surface area contributed by atoms with Crippen molar-refractivity contribution in [3.63, 3.8) is 0 Å². The minimum absolute atomic E-state index is 0.834. The highest BCUT2D eigenvalue weighted by Gasteiger charge is 2.15. The fraction of sp³-hybridized carbons (Fsp3) is 1.00. The first-order chi connectivity index (χ1) is 6.18. The standard InChI is InChI=1S/C11H22IN/c1-9-4-3-5-11(6-10(2)12)8-13-7-9/h9-11,13H,3-8H2,1-2H3. The van der Waals surface area contributed by atoms with E-state index in [1.165, 1.54) is 38.8 Å². The number of hydrogen-bond donors (Lipinski definition) is 1. The molecule has 3 unspecified atom stereocenters. The lowest BCUT2D eigenvalue weighted by molar-refractivity contribution is 0.335. The number of hydrogen-bond acceptors (Lipinski definition) is 1. The van der Waals surface area contributed by atoms with E-state index in [9.17, 15) is 0 Å². The molecule has 1 N–H and O–H groups in total. The third-order valence-electron chi connectivity index (χ3n) is 2.89. The molecule has 1 fully saturated rings. The summed E-state index contributed by atoms with van der Waals surface area (Å²) in [5.41, 5.74) is 0. The molecule has 1 aliphatic heterocycles. The maximum Gasteiger partial charge on any atom is 0.00844 e. The third-order valence-corrected chi connectivity index (χ3v) is 3.40. The molecule has 78 valence electrons. The van der Waals surface area contributed by atoms with Crippen molar-refractivity contribution in [3.8, 4) is 0 Å². The lowest BCUT2D eigenvalue weighted by Crippen LogP contribution is -2.30. The highest BCUT2D eigenvalue weighted by Crippen LogP contribution is 2.21. The molecule has 1 rings (SSSR count). The van der Waals surface area contributed by atoms with Gasteiger partial charge in [-0.05, 0) is 44.2 Å². The summed E-state index contributed by atoms with van der Waals surface area (Å²) in [6.07, 6.45) is 5.68. The monoisotopic (exact) mass is 295 g/mol. The van der Waals surface area contributed by atoms with Crippen LogP contribution in [0.15, 0.2) is 0 Å². The Bertz CT molecular complexity index is 126. The predicted molar refractivity (Wildman–Crippen MR) is 67.5 cm³/mol. The van der Waals surface area contributed by atoms with E-state index in [4.69, 9.17) is 0 Å². The summed E-state index contributed by atoms with van der Waals surface area (Å²) in [6, 6.07) is 0. The first kappa shape index (κ1) is 11.8. The molecule has 0 bridgehead atoms. The van der Waals surface area contributed by atoms with E-state index in [1.807, 2.05) is 0 Å². The summed E-state index contributed by atoms with van der Waals surface area (Å²) in [6.45, 7) is 7.15. The van der Waals surface area contributed by atoms with Crippen LogP contribution >= 0.6 is 22.6 Å². The van der Waals surface area contributed by atoms with Crippen LogP contribution in [0.5, 0.6) is 0 Å². The molecule has 0 spiro atoms. The van der Waals surface area contributed by atoms with E-state index in [0.717, 1.165) is 15.8 Å². The minimum atomic E-state index is 0.834. The van der Waals surface area contributed by atoms with Crippen molar-refractivity contribution in [2.45, 2.75) is 43.5 Å². The van der Waals surface area contributed by atoms with E-state index in [-0.39, 0.29) is 0 Å². The second-order valence-electron chi connectivity index (χ2n) is 4.58. The quantitative estimate of drug-likeness (QED) is 0.609. The Morgan fingerprint density at radius 3 is 2.85 bits per heavy atom. The topological polar surface area (TPSA) is 12.0 Å². The Kier molecular flexibility index (Phi) is 5.63. The first-order valence-electron chi connectivity index (χ1n) is 5.53. The minimum Gasteiger partial charge on any atom is -0.316 e. The van der Waals surface area contributed by atoms with E-state index in [2.05, 4.69) is 41.8 Å². The van der Waals surface area contributed by atoms with Gasteiger partial charge in [0.1, 0.15) is 0 Å². The van der Waals surface area contributed by atoms with Crippen molar-refractivity contribution in [2.75, 3.05) is 13.1 Å². The molecule has 0 aromatic heterocycles. The second-order valence-corrected chi connectivity index (χ2v) is 6.70. The zero-order valence-electron chi connectivity index (χ0n) is 8.85. The number of rotatable bonds is 2. The maximum absolute atomic E-state index is 3.59. The van der Waals surface area contributed by atoms with E-state index >= 15 is 0 Å². The molecule has 0 aromatic rings. The molecule has 0 amide bonds. The van der Waals surface area contributed by atoms with Gasteiger partial charge in [0.15, 0.2) is 0 Å². The van der Waals surface area contributed by atoms with Crippen LogP contribution in [0.3, 0.4) is 0 Å². The highest BCUT2D eigenvalue weighted by atomic mass is 127. The Morgan fingerprint density at radius 1 is 1.38 bits per heavy atom. The number of alkyl halides is 1. The summed E-state index contributed by atoms with van der Waals surface area (Å²) in [4.78, 5) is 0. The Morgan fingerprint density at radius 2 is 2.15 bits per heavy atom. The van der Waals surface area contributed by atoms with Gasteiger partial charge >= 0.3 is 0 Å². The van der Waals surface area contributed by atoms with Gasteiger partial charge in [-0.25, -0.2) is 0 Å². The molecule has 1 heterocycles. The summed E-state index contributed by atoms with van der Waals surface area (Å²) in [5, 5.41) is 3.59. The second kappa shape index (κ2) is 6.23. The van der Waals surface area contributed by atoms with Gasteiger partial charge in [-0.3, -0.25) is 0 Å². The molecular weight excluding hydrogens is 273 g/mol. The SMILES string of the molecule is CC(I)CC1CCCC(C)CNC1. The van der Waals surface area contributed by atoms with Crippen LogP contribution in [-0.4, -0.2) is 17.0 Å². The molecule has 1 saturated heterocycles. The van der Waals surface area contributed by atoms with Crippen LogP contribution in [0.2, 0.25) is 0 Å². The molecule has 13 heavy (non-hydrogen) atoms. The van der Waals surface area contributed by atoms with Crippen LogP contribution in [0.4, 0.5) is 0 Å². The zero-order chi connectivity index (χ0) is 9.68. The fourth-order valence-corrected chi connectivity index (χ4v) is 2.87. The van der Waals surface area contributed by atoms with Crippen LogP contribution < -0.4 is 5.32 Å². The molecule has 0 saturated carbocycles. The Labute approximate surface area is 96.2 Å². The van der Waals surface area contributed by atoms with Gasteiger partial charge in [0, 0.05) is 3.92 Å². The molecule has 1 aliphatic rings. The third kappa shape index (κ3) is 5.21. The van der Waals surface area contributed by atoms with Crippen molar-refractivity contribution in [1.29, 1.82) is 0 Å². The van der Waals surface area contributed by atoms with Crippen LogP contribution in [0.25, 0.3) is 0 Å². The molecule has 0 aliphatic carbocycles. The van der Waals surface area contributed by atoms with Crippen molar-refractivity contribution < 1.29 is 0 Å². The van der Waals surface area contributed by atoms with Gasteiger partial charge < -0.3 is 5.32 Å². The summed E-state index contributed by atoms with van der Waals surface area (Å²) in [7, 11) is 0. The van der Waals surface area contributed by atoms with Crippen LogP contribution in [0, 0.1) is 11.8 Å². The van der Waals surface area contributed by atoms with E-state index in [0.29, 0.717) is 0 Å². The first-order valence-corrected chi connectivity index (χ1v) is 6.78. The summed E-state index contributed by atoms with van der Waals surface area (Å²) in [5.74, 6) is 1.82. The highest BCUT2D eigenvalue weighted by molar-refractivity contribution is 14.1. The Hall–Kier alpha value is 0.690. The normalized spacial score (nSPS) is 33.5. The maximum atomic E-state index is 3.59. The summed E-state index contributed by atoms with van der Waals surface area (Å²) < 4.78 is 0.834. The van der Waals surface area contributed by atoms with E-state index < -0.39 is 0 Å². The van der Waals surface area contributed by atoms with Gasteiger partial charge in [0.2, 0.25) is 0 Å². The van der Waals surface area contributed by atoms with Crippen molar-refractivity contribution in [2.24, 2.45) is 11.8 Å². The smallest absolute Gasteiger partial charge is 0.00844 e. The van der Waals surface area contributed by atoms with Crippen molar-refractivity contribution in [1.82, 2.24) is 5.32 Å². The molecule has 0 radical (unpaired) electrons. The number of halogens is 1. The Balaban J connectivity index is 2.24. The van der Waals surface area contributed by atoms with Gasteiger partial charge in [0.05, 0.1) is 0 Å². The van der Waals surface area contributed by atoms with Gasteiger partial charge in [-0.2, -0.15) is 0 Å². The molecule has 0 aromatic carbocycles. The van der Waals surface area contributed by atoms with Crippen molar-refractivity contribution in [3.05, 3.63) is 0 Å². The number of nitrogens with one attached hydrogen (secondary N) is 1. The van der Waals surface area contributed by atoms with Gasteiger partial charge in [-0.1, -0.05) is 42.9 Å². The van der Waals surface area contributed by atoms with E-state index in [1.54, 1.807) is 0 Å².